The van der Waals surface area contributed by atoms with E-state index in [-0.39, 0.29) is 0 Å². The van der Waals surface area contributed by atoms with E-state index in [1.807, 2.05) is 0 Å². The predicted molar refractivity (Wildman–Crippen MR) is 45.7 cm³/mol. The molecule has 0 rings (SSSR count). The third-order valence-electron chi connectivity index (χ3n) is 0.992. The number of esters is 2. The summed E-state index contributed by atoms with van der Waals surface area (Å²) in [6.45, 7) is 5.42. The summed E-state index contributed by atoms with van der Waals surface area (Å²) in [6, 6.07) is 0. The van der Waals surface area contributed by atoms with Crippen molar-refractivity contribution < 1.29 is 23.9 Å². The van der Waals surface area contributed by atoms with Gasteiger partial charge in [-0.3, -0.25) is 19.7 Å². The van der Waals surface area contributed by atoms with E-state index in [2.05, 4.69) is 21.4 Å². The molecule has 14 heavy (non-hydrogen) atoms. The van der Waals surface area contributed by atoms with Crippen LogP contribution >= 0.6 is 0 Å². The van der Waals surface area contributed by atoms with Crippen LogP contribution in [0.2, 0.25) is 0 Å². The molecule has 0 aromatic heterocycles. The Morgan fingerprint density at radius 1 is 1.21 bits per heavy atom. The Kier molecular flexibility index (Phi) is 4.98. The Hall–Kier alpha value is -1.85. The van der Waals surface area contributed by atoms with E-state index in [1.165, 1.54) is 0 Å². The first-order valence-corrected chi connectivity index (χ1v) is 3.73. The Morgan fingerprint density at radius 2 is 1.64 bits per heavy atom. The molecule has 0 bridgehead atoms. The van der Waals surface area contributed by atoms with Gasteiger partial charge in [0.25, 0.3) is 0 Å². The van der Waals surface area contributed by atoms with E-state index in [9.17, 15) is 14.4 Å². The molecule has 0 fully saturated rings. The van der Waals surface area contributed by atoms with Gasteiger partial charge in [-0.05, 0) is 6.08 Å². The number of ether oxygens (including phenoxy) is 2. The Balaban J connectivity index is 4.23. The third-order valence-corrected chi connectivity index (χ3v) is 0.992. The molecule has 0 aliphatic rings. The summed E-state index contributed by atoms with van der Waals surface area (Å²) in [5, 5.41) is 2.09. The summed E-state index contributed by atoms with van der Waals surface area (Å²) in [6.07, 6.45) is -0.449. The maximum atomic E-state index is 10.8. The van der Waals surface area contributed by atoms with Gasteiger partial charge in [0.1, 0.15) is 0 Å². The lowest BCUT2D eigenvalue weighted by molar-refractivity contribution is -0.190. The maximum absolute atomic E-state index is 10.8. The minimum absolute atomic E-state index is 0.613. The highest BCUT2D eigenvalue weighted by Crippen LogP contribution is 1.92. The second-order valence-electron chi connectivity index (χ2n) is 2.26. The van der Waals surface area contributed by atoms with Gasteiger partial charge in [-0.15, -0.1) is 0 Å². The third kappa shape index (κ3) is 5.76. The highest BCUT2D eigenvalue weighted by atomic mass is 16.7. The molecular formula is C8H11NO5. The second-order valence-corrected chi connectivity index (χ2v) is 2.26. The first-order valence-electron chi connectivity index (χ1n) is 3.73. The van der Waals surface area contributed by atoms with Crippen molar-refractivity contribution in [1.29, 1.82) is 0 Å². The van der Waals surface area contributed by atoms with E-state index >= 15 is 0 Å². The van der Waals surface area contributed by atoms with Gasteiger partial charge < -0.3 is 9.47 Å². The van der Waals surface area contributed by atoms with Gasteiger partial charge in [0, 0.05) is 13.8 Å². The normalized spacial score (nSPS) is 9.07. The molecule has 0 aliphatic carbocycles. The maximum Gasteiger partial charge on any atom is 0.331 e. The van der Waals surface area contributed by atoms with Crippen molar-refractivity contribution in [2.24, 2.45) is 0 Å². The average Bonchev–Trinajstić information content (AvgIpc) is 2.01. The van der Waals surface area contributed by atoms with Crippen LogP contribution in [-0.4, -0.2) is 24.3 Å². The quantitative estimate of drug-likeness (QED) is 0.383. The van der Waals surface area contributed by atoms with E-state index in [1.54, 1.807) is 0 Å². The largest absolute Gasteiger partial charge is 0.406 e. The van der Waals surface area contributed by atoms with E-state index < -0.39 is 24.3 Å². The molecule has 0 aromatic carbocycles. The summed E-state index contributed by atoms with van der Waals surface area (Å²) in [7, 11) is 0. The van der Waals surface area contributed by atoms with Gasteiger partial charge >= 0.3 is 18.4 Å². The van der Waals surface area contributed by atoms with Crippen LogP contribution in [0.1, 0.15) is 13.8 Å². The highest BCUT2D eigenvalue weighted by Gasteiger charge is 2.15. The van der Waals surface area contributed by atoms with Crippen molar-refractivity contribution >= 4 is 17.8 Å². The van der Waals surface area contributed by atoms with Crippen LogP contribution in [0, 0.1) is 0 Å². The molecule has 0 saturated heterocycles. The lowest BCUT2D eigenvalue weighted by atomic mass is 10.6. The lowest BCUT2D eigenvalue weighted by Gasteiger charge is -2.16. The van der Waals surface area contributed by atoms with Gasteiger partial charge in [-0.1, -0.05) is 6.58 Å². The van der Waals surface area contributed by atoms with Crippen LogP contribution in [0.25, 0.3) is 0 Å². The van der Waals surface area contributed by atoms with Crippen molar-refractivity contribution in [3.05, 3.63) is 12.7 Å². The number of hydrogen-bond acceptors (Lipinski definition) is 5. The number of hydrogen-bond donors (Lipinski definition) is 1. The number of carbonyl (C=O) groups is 3. The zero-order valence-corrected chi connectivity index (χ0v) is 7.90. The van der Waals surface area contributed by atoms with Gasteiger partial charge in [0.15, 0.2) is 0 Å². The molecule has 0 heterocycles. The van der Waals surface area contributed by atoms with E-state index in [0.717, 1.165) is 19.9 Å². The molecular weight excluding hydrogens is 190 g/mol. The van der Waals surface area contributed by atoms with Gasteiger partial charge in [0.05, 0.1) is 0 Å². The highest BCUT2D eigenvalue weighted by molar-refractivity contribution is 5.87. The Labute approximate surface area is 80.9 Å². The molecule has 0 radical (unpaired) electrons. The summed E-state index contributed by atoms with van der Waals surface area (Å²) in [4.78, 5) is 31.8. The zero-order chi connectivity index (χ0) is 11.1. The molecule has 0 spiro atoms. The number of amides is 1. The lowest BCUT2D eigenvalue weighted by Crippen LogP contribution is -2.40. The second kappa shape index (κ2) is 5.74. The first-order chi connectivity index (χ1) is 6.45. The summed E-state index contributed by atoms with van der Waals surface area (Å²) in [5.74, 6) is -1.97. The van der Waals surface area contributed by atoms with Crippen LogP contribution in [0.3, 0.4) is 0 Å². The first kappa shape index (κ1) is 12.2. The monoisotopic (exact) mass is 201 g/mol. The van der Waals surface area contributed by atoms with Crippen LogP contribution < -0.4 is 5.32 Å². The van der Waals surface area contributed by atoms with Crippen molar-refractivity contribution in [3.8, 4) is 0 Å². The molecule has 0 aromatic rings. The number of nitrogens with one attached hydrogen (secondary N) is 1. The van der Waals surface area contributed by atoms with Gasteiger partial charge in [-0.25, -0.2) is 0 Å². The fraction of sp³-hybridized carbons (Fsp3) is 0.375. The fourth-order valence-electron chi connectivity index (χ4n) is 0.560. The predicted octanol–water partition coefficient (Wildman–Crippen LogP) is -0.302. The van der Waals surface area contributed by atoms with Crippen LogP contribution in [0.5, 0.6) is 0 Å². The number of carbonyl (C=O) groups excluding carboxylic acids is 3. The van der Waals surface area contributed by atoms with E-state index in [0.29, 0.717) is 0 Å². The van der Waals surface area contributed by atoms with Crippen molar-refractivity contribution in [3.63, 3.8) is 0 Å². The molecule has 0 unspecified atom stereocenters. The SMILES string of the molecule is C=CC(=O)NC(OC(C)=O)OC(C)=O. The van der Waals surface area contributed by atoms with Gasteiger partial charge in [-0.2, -0.15) is 0 Å². The minimum Gasteiger partial charge on any atom is -0.406 e. The smallest absolute Gasteiger partial charge is 0.331 e. The standard InChI is InChI=1S/C8H11NO5/c1-4-7(12)9-8(13-5(2)10)14-6(3)11/h4,8H,1H2,2-3H3,(H,9,12). The van der Waals surface area contributed by atoms with Crippen LogP contribution in [0.15, 0.2) is 12.7 Å². The van der Waals surface area contributed by atoms with Crippen LogP contribution in [0.4, 0.5) is 0 Å². The Bertz CT molecular complexity index is 244. The molecule has 1 amide bonds. The molecule has 1 N–H and O–H groups in total. The fourth-order valence-corrected chi connectivity index (χ4v) is 0.560. The molecule has 0 atom stereocenters. The van der Waals surface area contributed by atoms with Crippen LogP contribution in [-0.2, 0) is 23.9 Å². The summed E-state index contributed by atoms with van der Waals surface area (Å²) < 4.78 is 8.94. The number of rotatable bonds is 4. The average molecular weight is 201 g/mol. The topological polar surface area (TPSA) is 81.7 Å². The molecule has 0 aliphatic heterocycles. The minimum atomic E-state index is -1.41. The van der Waals surface area contributed by atoms with Crippen molar-refractivity contribution in [1.82, 2.24) is 5.32 Å². The molecule has 0 saturated carbocycles. The molecule has 6 heteroatoms. The Morgan fingerprint density at radius 3 is 1.93 bits per heavy atom. The van der Waals surface area contributed by atoms with Gasteiger partial charge in [0.2, 0.25) is 5.91 Å². The molecule has 78 valence electrons. The zero-order valence-electron chi connectivity index (χ0n) is 7.90. The summed E-state index contributed by atoms with van der Waals surface area (Å²) in [5.41, 5.74) is 0. The summed E-state index contributed by atoms with van der Waals surface area (Å²) >= 11 is 0. The van der Waals surface area contributed by atoms with Crippen molar-refractivity contribution in [2.45, 2.75) is 20.3 Å². The van der Waals surface area contributed by atoms with E-state index in [4.69, 9.17) is 0 Å². The molecule has 6 nitrogen and oxygen atoms in total. The van der Waals surface area contributed by atoms with Crippen molar-refractivity contribution in [2.75, 3.05) is 0 Å².